The summed E-state index contributed by atoms with van der Waals surface area (Å²) in [6, 6.07) is 20.1. The Kier molecular flexibility index (Phi) is 14.4. The first kappa shape index (κ1) is 39.3. The highest BCUT2D eigenvalue weighted by Gasteiger charge is 2.50. The second-order valence-corrected chi connectivity index (χ2v) is 14.1. The van der Waals surface area contributed by atoms with E-state index in [1.54, 1.807) is 0 Å². The number of esters is 2. The van der Waals surface area contributed by atoms with Crippen LogP contribution in [0.4, 0.5) is 0 Å². The first-order chi connectivity index (χ1) is 24.5. The molecule has 0 saturated carbocycles. The SMILES string of the molecule is CCC1OCCC(OC2OC(COC(C)=O)C(C)C(C)C2OC(C)=O)C1OC1OC(C)C(C)C(OCc2ccccc2)C1OCc1ccccc1. The lowest BCUT2D eigenvalue weighted by Crippen LogP contribution is -2.60. The Balaban J connectivity index is 1.40. The minimum Gasteiger partial charge on any atom is -0.463 e. The molecular formula is C40H56O11. The van der Waals surface area contributed by atoms with Gasteiger partial charge in [-0.1, -0.05) is 88.4 Å². The van der Waals surface area contributed by atoms with Crippen LogP contribution in [0.5, 0.6) is 0 Å². The minimum absolute atomic E-state index is 0.00344. The summed E-state index contributed by atoms with van der Waals surface area (Å²) in [7, 11) is 0. The Morgan fingerprint density at radius 3 is 1.88 bits per heavy atom. The van der Waals surface area contributed by atoms with Crippen molar-refractivity contribution >= 4 is 11.9 Å². The zero-order valence-corrected chi connectivity index (χ0v) is 31.0. The van der Waals surface area contributed by atoms with Gasteiger partial charge >= 0.3 is 11.9 Å². The van der Waals surface area contributed by atoms with Gasteiger partial charge < -0.3 is 42.6 Å². The van der Waals surface area contributed by atoms with Crippen LogP contribution in [0.2, 0.25) is 0 Å². The van der Waals surface area contributed by atoms with Crippen LogP contribution in [-0.2, 0) is 65.4 Å². The third-order valence-electron chi connectivity index (χ3n) is 10.5. The van der Waals surface area contributed by atoms with Gasteiger partial charge in [-0.05, 0) is 36.8 Å². The number of benzene rings is 2. The Bertz CT molecular complexity index is 1360. The summed E-state index contributed by atoms with van der Waals surface area (Å²) in [6.07, 6.45) is -4.20. The van der Waals surface area contributed by atoms with E-state index in [1.807, 2.05) is 88.4 Å². The van der Waals surface area contributed by atoms with Gasteiger partial charge in [0.2, 0.25) is 0 Å². The molecule has 11 nitrogen and oxygen atoms in total. The maximum absolute atomic E-state index is 12.3. The average molecular weight is 713 g/mol. The number of carbonyl (C=O) groups excluding carboxylic acids is 2. The third kappa shape index (κ3) is 10.4. The molecule has 3 heterocycles. The molecule has 0 amide bonds. The summed E-state index contributed by atoms with van der Waals surface area (Å²) in [5.41, 5.74) is 2.09. The van der Waals surface area contributed by atoms with E-state index in [1.165, 1.54) is 13.8 Å². The van der Waals surface area contributed by atoms with Crippen molar-refractivity contribution in [1.82, 2.24) is 0 Å². The summed E-state index contributed by atoms with van der Waals surface area (Å²) in [6.45, 7) is 14.2. The highest BCUT2D eigenvalue weighted by atomic mass is 16.7. The highest BCUT2D eigenvalue weighted by Crippen LogP contribution is 2.38. The predicted molar refractivity (Wildman–Crippen MR) is 187 cm³/mol. The molecule has 2 aromatic carbocycles. The molecular weight excluding hydrogens is 656 g/mol. The fourth-order valence-electron chi connectivity index (χ4n) is 7.14. The van der Waals surface area contributed by atoms with Gasteiger partial charge in [0, 0.05) is 32.3 Å². The van der Waals surface area contributed by atoms with Gasteiger partial charge in [0.1, 0.15) is 18.8 Å². The van der Waals surface area contributed by atoms with Crippen molar-refractivity contribution < 1.29 is 52.2 Å². The molecule has 11 heteroatoms. The lowest BCUT2D eigenvalue weighted by molar-refractivity contribution is -0.350. The normalized spacial score (nSPS) is 35.5. The van der Waals surface area contributed by atoms with Crippen LogP contribution in [0.1, 0.15) is 72.4 Å². The van der Waals surface area contributed by atoms with E-state index < -0.39 is 55.0 Å². The van der Waals surface area contributed by atoms with E-state index in [0.29, 0.717) is 32.7 Å². The summed E-state index contributed by atoms with van der Waals surface area (Å²) in [5.74, 6) is -1.04. The van der Waals surface area contributed by atoms with E-state index in [9.17, 15) is 9.59 Å². The van der Waals surface area contributed by atoms with Crippen LogP contribution >= 0.6 is 0 Å². The summed E-state index contributed by atoms with van der Waals surface area (Å²) in [5, 5.41) is 0. The quantitative estimate of drug-likeness (QED) is 0.215. The fraction of sp³-hybridized carbons (Fsp3) is 0.650. The van der Waals surface area contributed by atoms with Crippen molar-refractivity contribution in [3.8, 4) is 0 Å². The van der Waals surface area contributed by atoms with E-state index in [-0.39, 0.29) is 42.7 Å². The van der Waals surface area contributed by atoms with Crippen LogP contribution in [0.3, 0.4) is 0 Å². The van der Waals surface area contributed by atoms with Crippen molar-refractivity contribution in [1.29, 1.82) is 0 Å². The van der Waals surface area contributed by atoms with Crippen LogP contribution in [0.15, 0.2) is 60.7 Å². The summed E-state index contributed by atoms with van der Waals surface area (Å²) in [4.78, 5) is 23.9. The van der Waals surface area contributed by atoms with Crippen molar-refractivity contribution in [2.45, 2.75) is 136 Å². The minimum atomic E-state index is -0.925. The van der Waals surface area contributed by atoms with Gasteiger partial charge in [-0.25, -0.2) is 0 Å². The standard InChI is InChI=1S/C40H56O11/c1-8-32-37(33(19-20-43-32)49-39-36(48-29(7)42)25(3)24(2)34(50-39)23-44-28(6)41)51-40-38(46-22-31-17-13-10-14-18-31)35(26(4)27(5)47-40)45-21-30-15-11-9-12-16-30/h9-18,24-27,32-40H,8,19-23H2,1-7H3. The van der Waals surface area contributed by atoms with E-state index in [4.69, 9.17) is 42.6 Å². The van der Waals surface area contributed by atoms with Crippen LogP contribution < -0.4 is 0 Å². The Morgan fingerprint density at radius 2 is 1.29 bits per heavy atom. The fourth-order valence-corrected chi connectivity index (χ4v) is 7.14. The molecule has 3 fully saturated rings. The number of hydrogen-bond donors (Lipinski definition) is 0. The lowest BCUT2D eigenvalue weighted by Gasteiger charge is -2.49. The van der Waals surface area contributed by atoms with E-state index >= 15 is 0 Å². The Labute approximate surface area is 302 Å². The third-order valence-corrected chi connectivity index (χ3v) is 10.5. The molecule has 51 heavy (non-hydrogen) atoms. The maximum Gasteiger partial charge on any atom is 0.303 e. The number of hydrogen-bond acceptors (Lipinski definition) is 11. The molecule has 0 aromatic heterocycles. The van der Waals surface area contributed by atoms with Crippen LogP contribution in [0.25, 0.3) is 0 Å². The first-order valence-corrected chi connectivity index (χ1v) is 18.4. The second-order valence-electron chi connectivity index (χ2n) is 14.1. The molecule has 0 spiro atoms. The maximum atomic E-state index is 12.3. The summed E-state index contributed by atoms with van der Waals surface area (Å²) >= 11 is 0. The summed E-state index contributed by atoms with van der Waals surface area (Å²) < 4.78 is 57.4. The lowest BCUT2D eigenvalue weighted by atomic mass is 9.83. The van der Waals surface area contributed by atoms with E-state index in [0.717, 1.165) is 11.1 Å². The molecule has 0 N–H and O–H groups in total. The van der Waals surface area contributed by atoms with Crippen molar-refractivity contribution in [2.24, 2.45) is 17.8 Å². The molecule has 3 saturated heterocycles. The molecule has 13 unspecified atom stereocenters. The molecule has 282 valence electrons. The Morgan fingerprint density at radius 1 is 0.686 bits per heavy atom. The molecule has 0 radical (unpaired) electrons. The van der Waals surface area contributed by atoms with Gasteiger partial charge in [-0.2, -0.15) is 0 Å². The zero-order valence-electron chi connectivity index (χ0n) is 31.0. The highest BCUT2D eigenvalue weighted by molar-refractivity contribution is 5.66. The monoisotopic (exact) mass is 712 g/mol. The smallest absolute Gasteiger partial charge is 0.303 e. The van der Waals surface area contributed by atoms with E-state index in [2.05, 4.69) is 6.92 Å². The van der Waals surface area contributed by atoms with Crippen molar-refractivity contribution in [2.75, 3.05) is 13.2 Å². The zero-order chi connectivity index (χ0) is 36.5. The van der Waals surface area contributed by atoms with Gasteiger partial charge in [-0.3, -0.25) is 9.59 Å². The second kappa shape index (κ2) is 18.7. The molecule has 5 rings (SSSR count). The molecule has 3 aliphatic heterocycles. The van der Waals surface area contributed by atoms with Crippen LogP contribution in [-0.4, -0.2) is 86.6 Å². The molecule has 3 aliphatic rings. The average Bonchev–Trinajstić information content (AvgIpc) is 3.12. The van der Waals surface area contributed by atoms with Gasteiger partial charge in [0.05, 0.1) is 43.7 Å². The predicted octanol–water partition coefficient (Wildman–Crippen LogP) is 6.00. The molecule has 2 aromatic rings. The Hall–Kier alpha value is -2.90. The molecule has 13 atom stereocenters. The van der Waals surface area contributed by atoms with Crippen molar-refractivity contribution in [3.05, 3.63) is 71.8 Å². The van der Waals surface area contributed by atoms with Gasteiger partial charge in [-0.15, -0.1) is 0 Å². The van der Waals surface area contributed by atoms with Crippen molar-refractivity contribution in [3.63, 3.8) is 0 Å². The largest absolute Gasteiger partial charge is 0.463 e. The number of ether oxygens (including phenoxy) is 9. The number of rotatable bonds is 14. The molecule has 0 aliphatic carbocycles. The molecule has 0 bridgehead atoms. The number of carbonyl (C=O) groups is 2. The topological polar surface area (TPSA) is 117 Å². The van der Waals surface area contributed by atoms with Crippen LogP contribution in [0, 0.1) is 17.8 Å². The van der Waals surface area contributed by atoms with Gasteiger partial charge in [0.25, 0.3) is 0 Å². The first-order valence-electron chi connectivity index (χ1n) is 18.4. The van der Waals surface area contributed by atoms with Gasteiger partial charge in [0.15, 0.2) is 18.7 Å².